The second-order valence-corrected chi connectivity index (χ2v) is 6.19. The van der Waals surface area contributed by atoms with Crippen LogP contribution in [-0.4, -0.2) is 17.8 Å². The third kappa shape index (κ3) is 4.79. The van der Waals surface area contributed by atoms with Gasteiger partial charge < -0.3 is 10.4 Å². The van der Waals surface area contributed by atoms with E-state index < -0.39 is 0 Å². The molecule has 2 nitrogen and oxygen atoms in total. The molecular weight excluding hydrogens is 222 g/mol. The van der Waals surface area contributed by atoms with E-state index in [1.54, 1.807) is 0 Å². The second-order valence-electron chi connectivity index (χ2n) is 6.19. The third-order valence-electron chi connectivity index (χ3n) is 3.29. The summed E-state index contributed by atoms with van der Waals surface area (Å²) in [6.45, 7) is 11.5. The molecule has 0 fully saturated rings. The summed E-state index contributed by atoms with van der Waals surface area (Å²) in [5, 5.41) is 12.7. The topological polar surface area (TPSA) is 32.3 Å². The highest BCUT2D eigenvalue weighted by Crippen LogP contribution is 2.23. The zero-order valence-corrected chi connectivity index (χ0v) is 12.3. The number of rotatable bonds is 5. The van der Waals surface area contributed by atoms with E-state index in [1.165, 1.54) is 11.1 Å². The van der Waals surface area contributed by atoms with Gasteiger partial charge in [0.1, 0.15) is 0 Å². The van der Waals surface area contributed by atoms with E-state index in [9.17, 15) is 5.11 Å². The molecule has 0 aromatic heterocycles. The van der Waals surface area contributed by atoms with Gasteiger partial charge in [0.15, 0.2) is 0 Å². The number of nitrogens with one attached hydrogen (secondary N) is 1. The fraction of sp³-hybridized carbons (Fsp3) is 0.625. The zero-order chi connectivity index (χ0) is 13.8. The largest absolute Gasteiger partial charge is 0.393 e. The van der Waals surface area contributed by atoms with Crippen LogP contribution in [0.25, 0.3) is 0 Å². The molecule has 0 aliphatic rings. The van der Waals surface area contributed by atoms with Gasteiger partial charge >= 0.3 is 0 Å². The van der Waals surface area contributed by atoms with Crippen LogP contribution in [0.15, 0.2) is 24.3 Å². The quantitative estimate of drug-likeness (QED) is 0.838. The van der Waals surface area contributed by atoms with Crippen LogP contribution in [0.2, 0.25) is 0 Å². The Bertz CT molecular complexity index is 348. The van der Waals surface area contributed by atoms with Crippen LogP contribution in [0.5, 0.6) is 0 Å². The van der Waals surface area contributed by atoms with E-state index in [-0.39, 0.29) is 11.5 Å². The molecule has 18 heavy (non-hydrogen) atoms. The lowest BCUT2D eigenvalue weighted by molar-refractivity contribution is 0.182. The Labute approximate surface area is 111 Å². The first-order valence-electron chi connectivity index (χ1n) is 6.82. The summed E-state index contributed by atoms with van der Waals surface area (Å²) in [6, 6.07) is 9.14. The first kappa shape index (κ1) is 15.2. The maximum atomic E-state index is 9.22. The van der Waals surface area contributed by atoms with Crippen molar-refractivity contribution < 1.29 is 5.11 Å². The highest BCUT2D eigenvalue weighted by molar-refractivity contribution is 5.28. The van der Waals surface area contributed by atoms with Crippen LogP contribution < -0.4 is 5.32 Å². The van der Waals surface area contributed by atoms with E-state index in [1.807, 2.05) is 6.92 Å². The highest BCUT2D eigenvalue weighted by Gasteiger charge is 2.13. The second kappa shape index (κ2) is 6.35. The van der Waals surface area contributed by atoms with Gasteiger partial charge in [0.25, 0.3) is 0 Å². The van der Waals surface area contributed by atoms with Gasteiger partial charge in [-0.25, -0.2) is 0 Å². The lowest BCUT2D eigenvalue weighted by Gasteiger charge is -2.21. The Hall–Kier alpha value is -0.860. The predicted molar refractivity (Wildman–Crippen MR) is 77.9 cm³/mol. The minimum absolute atomic E-state index is 0.210. The molecule has 0 bridgehead atoms. The Morgan fingerprint density at radius 2 is 1.67 bits per heavy atom. The molecule has 1 aromatic carbocycles. The Kier molecular flexibility index (Phi) is 5.36. The number of hydrogen-bond donors (Lipinski definition) is 2. The summed E-state index contributed by atoms with van der Waals surface area (Å²) >= 11 is 0. The van der Waals surface area contributed by atoms with Crippen molar-refractivity contribution >= 4 is 0 Å². The van der Waals surface area contributed by atoms with Crippen molar-refractivity contribution in [1.29, 1.82) is 0 Å². The summed E-state index contributed by atoms with van der Waals surface area (Å²) in [5.41, 5.74) is 2.87. The predicted octanol–water partition coefficient (Wildman–Crippen LogP) is 3.41. The van der Waals surface area contributed by atoms with Gasteiger partial charge in [0.2, 0.25) is 0 Å². The summed E-state index contributed by atoms with van der Waals surface area (Å²) in [4.78, 5) is 0. The molecule has 2 atom stereocenters. The van der Waals surface area contributed by atoms with Crippen LogP contribution in [-0.2, 0) is 5.41 Å². The van der Waals surface area contributed by atoms with Crippen molar-refractivity contribution in [2.75, 3.05) is 6.54 Å². The summed E-state index contributed by atoms with van der Waals surface area (Å²) in [7, 11) is 0. The highest BCUT2D eigenvalue weighted by atomic mass is 16.3. The van der Waals surface area contributed by atoms with Gasteiger partial charge in [-0.2, -0.15) is 0 Å². The molecule has 0 spiro atoms. The molecule has 2 heteroatoms. The van der Waals surface area contributed by atoms with Crippen molar-refractivity contribution in [2.24, 2.45) is 0 Å². The molecule has 2 unspecified atom stereocenters. The molecule has 0 aliphatic heterocycles. The van der Waals surface area contributed by atoms with Crippen LogP contribution in [0.4, 0.5) is 0 Å². The molecule has 2 N–H and O–H groups in total. The maximum Gasteiger partial charge on any atom is 0.0524 e. The van der Waals surface area contributed by atoms with Gasteiger partial charge in [-0.15, -0.1) is 0 Å². The van der Waals surface area contributed by atoms with E-state index >= 15 is 0 Å². The van der Waals surface area contributed by atoms with Crippen molar-refractivity contribution in [3.63, 3.8) is 0 Å². The van der Waals surface area contributed by atoms with Crippen LogP contribution in [0.3, 0.4) is 0 Å². The van der Waals surface area contributed by atoms with Crippen molar-refractivity contribution in [1.82, 2.24) is 5.32 Å². The molecule has 102 valence electrons. The van der Waals surface area contributed by atoms with E-state index in [4.69, 9.17) is 0 Å². The van der Waals surface area contributed by atoms with Gasteiger partial charge in [0.05, 0.1) is 6.10 Å². The molecule has 1 aromatic rings. The van der Waals surface area contributed by atoms with Gasteiger partial charge in [-0.05, 0) is 43.4 Å². The zero-order valence-electron chi connectivity index (χ0n) is 12.3. The van der Waals surface area contributed by atoms with E-state index in [2.05, 4.69) is 57.3 Å². The Balaban J connectivity index is 2.56. The number of hydrogen-bond acceptors (Lipinski definition) is 2. The number of benzene rings is 1. The van der Waals surface area contributed by atoms with Gasteiger partial charge in [-0.3, -0.25) is 0 Å². The normalized spacial score (nSPS) is 15.4. The lowest BCUT2D eigenvalue weighted by atomic mass is 9.86. The molecule has 0 saturated carbocycles. The monoisotopic (exact) mass is 249 g/mol. The molecule has 0 aliphatic carbocycles. The summed E-state index contributed by atoms with van der Waals surface area (Å²) in [6.07, 6.45) is 0.567. The fourth-order valence-corrected chi connectivity index (χ4v) is 1.90. The van der Waals surface area contributed by atoms with Crippen LogP contribution in [0, 0.1) is 0 Å². The van der Waals surface area contributed by atoms with E-state index in [0.717, 1.165) is 13.0 Å². The smallest absolute Gasteiger partial charge is 0.0524 e. The molecule has 1 rings (SSSR count). The minimum Gasteiger partial charge on any atom is -0.393 e. The van der Waals surface area contributed by atoms with Crippen molar-refractivity contribution in [2.45, 2.75) is 58.6 Å². The Morgan fingerprint density at radius 3 is 2.11 bits per heavy atom. The molecule has 0 amide bonds. The maximum absolute atomic E-state index is 9.22. The first-order chi connectivity index (χ1) is 8.30. The summed E-state index contributed by atoms with van der Waals surface area (Å²) in [5.74, 6) is 0. The average molecular weight is 249 g/mol. The van der Waals surface area contributed by atoms with Crippen LogP contribution in [0.1, 0.15) is 58.2 Å². The molecule has 0 heterocycles. The Morgan fingerprint density at radius 1 is 1.11 bits per heavy atom. The first-order valence-corrected chi connectivity index (χ1v) is 6.82. The van der Waals surface area contributed by atoms with E-state index in [0.29, 0.717) is 6.04 Å². The van der Waals surface area contributed by atoms with Crippen LogP contribution >= 0.6 is 0 Å². The van der Waals surface area contributed by atoms with Crippen molar-refractivity contribution in [3.8, 4) is 0 Å². The fourth-order valence-electron chi connectivity index (χ4n) is 1.90. The minimum atomic E-state index is -0.229. The third-order valence-corrected chi connectivity index (χ3v) is 3.29. The SMILES string of the molecule is CC(O)CCNC(C)c1ccc(C(C)(C)C)cc1. The molecule has 0 saturated heterocycles. The standard InChI is InChI=1S/C16H27NO/c1-12(18)10-11-17-13(2)14-6-8-15(9-7-14)16(3,4)5/h6-9,12-13,17-18H,10-11H2,1-5H3. The summed E-state index contributed by atoms with van der Waals surface area (Å²) < 4.78 is 0. The number of aliphatic hydroxyl groups excluding tert-OH is 1. The number of aliphatic hydroxyl groups is 1. The molecular formula is C16H27NO. The van der Waals surface area contributed by atoms with Gasteiger partial charge in [-0.1, -0.05) is 45.0 Å². The molecule has 0 radical (unpaired) electrons. The van der Waals surface area contributed by atoms with Gasteiger partial charge in [0, 0.05) is 6.04 Å². The van der Waals surface area contributed by atoms with Crippen molar-refractivity contribution in [3.05, 3.63) is 35.4 Å². The lowest BCUT2D eigenvalue weighted by Crippen LogP contribution is -2.22. The average Bonchev–Trinajstić information content (AvgIpc) is 2.27.